The first kappa shape index (κ1) is 20.6. The summed E-state index contributed by atoms with van der Waals surface area (Å²) in [6.45, 7) is 1.07. The number of methoxy groups -OCH3 is 1. The van der Waals surface area contributed by atoms with Gasteiger partial charge in [-0.2, -0.15) is 0 Å². The minimum Gasteiger partial charge on any atom is -0.497 e. The zero-order valence-electron chi connectivity index (χ0n) is 16.8. The van der Waals surface area contributed by atoms with Crippen LogP contribution in [0.5, 0.6) is 5.75 Å². The Hall–Kier alpha value is -2.64. The summed E-state index contributed by atoms with van der Waals surface area (Å²) < 4.78 is 6.41. The fourth-order valence-electron chi connectivity index (χ4n) is 3.51. The third-order valence-corrected chi connectivity index (χ3v) is 6.81. The molecule has 0 bridgehead atoms. The van der Waals surface area contributed by atoms with Crippen molar-refractivity contribution in [2.24, 2.45) is 4.99 Å². The van der Waals surface area contributed by atoms with Gasteiger partial charge in [-0.25, -0.2) is 0 Å². The fraction of sp³-hybridized carbons (Fsp3) is 0.217. The van der Waals surface area contributed by atoms with Gasteiger partial charge in [0.15, 0.2) is 0 Å². The van der Waals surface area contributed by atoms with Crippen LogP contribution in [0, 0.1) is 0 Å². The predicted octanol–water partition coefficient (Wildman–Crippen LogP) is 4.61. The van der Waals surface area contributed by atoms with E-state index in [4.69, 9.17) is 9.73 Å². The molecule has 0 fully saturated rings. The summed E-state index contributed by atoms with van der Waals surface area (Å²) >= 11 is 4.83. The van der Waals surface area contributed by atoms with E-state index in [1.165, 1.54) is 11.3 Å². The molecule has 1 aliphatic heterocycles. The van der Waals surface area contributed by atoms with Gasteiger partial charge in [-0.05, 0) is 40.2 Å². The summed E-state index contributed by atoms with van der Waals surface area (Å²) in [5.74, 6) is 0.725. The quantitative estimate of drug-likeness (QED) is 0.576. The molecule has 1 N–H and O–H groups in total. The molecule has 4 rings (SSSR count). The molecule has 5 nitrogen and oxygen atoms in total. The summed E-state index contributed by atoms with van der Waals surface area (Å²) in [5, 5.41) is 3.06. The van der Waals surface area contributed by atoms with Crippen molar-refractivity contribution in [2.45, 2.75) is 6.04 Å². The number of hydrogen-bond donors (Lipinski definition) is 1. The molecule has 1 atom stereocenters. The van der Waals surface area contributed by atoms with Crippen molar-refractivity contribution in [3.8, 4) is 5.75 Å². The normalized spacial score (nSPS) is 15.8. The molecule has 1 amide bonds. The number of nitrogens with one attached hydrogen (secondary N) is 1. The largest absolute Gasteiger partial charge is 0.497 e. The van der Waals surface area contributed by atoms with E-state index < -0.39 is 0 Å². The molecular formula is C23H22BrN3O2S. The highest BCUT2D eigenvalue weighted by molar-refractivity contribution is 9.11. The van der Waals surface area contributed by atoms with Gasteiger partial charge in [0.2, 0.25) is 0 Å². The number of ether oxygens (including phenoxy) is 1. The van der Waals surface area contributed by atoms with Crippen LogP contribution < -0.4 is 15.0 Å². The molecule has 0 saturated heterocycles. The van der Waals surface area contributed by atoms with Crippen LogP contribution in [0.25, 0.3) is 0 Å². The van der Waals surface area contributed by atoms with Gasteiger partial charge >= 0.3 is 0 Å². The standard InChI is InChI=1S/C23H22BrN3O2S/c1-27-16(14-26-23(28)20-10-11-21(24)30-20)13-25-22(15-6-4-3-5-7-15)18-9-8-17(29-2)12-19(18)27/h3-12,16H,13-14H2,1-2H3,(H,26,28). The van der Waals surface area contributed by atoms with Crippen LogP contribution in [-0.4, -0.2) is 44.9 Å². The molecule has 30 heavy (non-hydrogen) atoms. The van der Waals surface area contributed by atoms with Crippen LogP contribution >= 0.6 is 27.3 Å². The summed E-state index contributed by atoms with van der Waals surface area (Å²) in [7, 11) is 3.71. The zero-order chi connectivity index (χ0) is 21.1. The number of nitrogens with zero attached hydrogens (tertiary/aromatic N) is 2. The number of amides is 1. The molecule has 1 aliphatic rings. The van der Waals surface area contributed by atoms with Gasteiger partial charge in [0.05, 0.1) is 34.1 Å². The van der Waals surface area contributed by atoms with Gasteiger partial charge in [0.1, 0.15) is 5.75 Å². The number of benzene rings is 2. The third kappa shape index (κ3) is 4.27. The van der Waals surface area contributed by atoms with E-state index >= 15 is 0 Å². The van der Waals surface area contributed by atoms with Gasteiger partial charge in [-0.3, -0.25) is 9.79 Å². The maximum atomic E-state index is 12.5. The molecule has 7 heteroatoms. The lowest BCUT2D eigenvalue weighted by atomic mass is 10.00. The number of anilines is 1. The Morgan fingerprint density at radius 2 is 2.03 bits per heavy atom. The van der Waals surface area contributed by atoms with Crippen LogP contribution in [-0.2, 0) is 0 Å². The maximum absolute atomic E-state index is 12.5. The Morgan fingerprint density at radius 3 is 2.73 bits per heavy atom. The van der Waals surface area contributed by atoms with Crippen molar-refractivity contribution in [1.82, 2.24) is 5.32 Å². The van der Waals surface area contributed by atoms with Crippen molar-refractivity contribution < 1.29 is 9.53 Å². The van der Waals surface area contributed by atoms with Gasteiger partial charge in [0, 0.05) is 36.5 Å². The molecule has 154 valence electrons. The van der Waals surface area contributed by atoms with Crippen LogP contribution in [0.4, 0.5) is 5.69 Å². The fourth-order valence-corrected chi connectivity index (χ4v) is 4.81. The Morgan fingerprint density at radius 1 is 1.23 bits per heavy atom. The molecule has 3 aromatic rings. The van der Waals surface area contributed by atoms with E-state index in [0.29, 0.717) is 18.0 Å². The first-order chi connectivity index (χ1) is 14.6. The van der Waals surface area contributed by atoms with Gasteiger partial charge < -0.3 is 15.0 Å². The first-order valence-corrected chi connectivity index (χ1v) is 11.2. The highest BCUT2D eigenvalue weighted by Crippen LogP contribution is 2.31. The van der Waals surface area contributed by atoms with E-state index in [1.54, 1.807) is 7.11 Å². The Balaban J connectivity index is 1.64. The molecule has 1 unspecified atom stereocenters. The SMILES string of the molecule is COc1ccc2c(c1)N(C)C(CNC(=O)c1ccc(Br)s1)CN=C2c1ccccc1. The second-order valence-electron chi connectivity index (χ2n) is 7.02. The van der Waals surface area contributed by atoms with Crippen LogP contribution in [0.15, 0.2) is 69.4 Å². The van der Waals surface area contributed by atoms with Crippen molar-refractivity contribution in [2.75, 3.05) is 32.1 Å². The van der Waals surface area contributed by atoms with Gasteiger partial charge in [-0.1, -0.05) is 30.3 Å². The monoisotopic (exact) mass is 483 g/mol. The Bertz CT molecular complexity index is 1080. The highest BCUT2D eigenvalue weighted by Gasteiger charge is 2.25. The van der Waals surface area contributed by atoms with Crippen molar-refractivity contribution in [1.29, 1.82) is 0 Å². The number of rotatable bonds is 5. The third-order valence-electron chi connectivity index (χ3n) is 5.19. The number of likely N-dealkylation sites (N-methyl/N-ethyl adjacent to an activating group) is 1. The second-order valence-corrected chi connectivity index (χ2v) is 9.48. The second kappa shape index (κ2) is 9.02. The molecule has 0 spiro atoms. The minimum absolute atomic E-state index is 0.0180. The van der Waals surface area contributed by atoms with E-state index in [2.05, 4.69) is 44.3 Å². The lowest BCUT2D eigenvalue weighted by Gasteiger charge is -2.29. The topological polar surface area (TPSA) is 53.9 Å². The Labute approximate surface area is 188 Å². The van der Waals surface area contributed by atoms with Crippen LogP contribution in [0.3, 0.4) is 0 Å². The van der Waals surface area contributed by atoms with Gasteiger partial charge in [0.25, 0.3) is 5.91 Å². The van der Waals surface area contributed by atoms with Crippen molar-refractivity contribution in [3.05, 3.63) is 80.5 Å². The zero-order valence-corrected chi connectivity index (χ0v) is 19.2. The lowest BCUT2D eigenvalue weighted by molar-refractivity contribution is 0.0955. The number of carbonyl (C=O) groups excluding carboxylic acids is 1. The summed E-state index contributed by atoms with van der Waals surface area (Å²) in [4.78, 5) is 20.4. The number of aliphatic imine (C=N–C) groups is 1. The van der Waals surface area contributed by atoms with E-state index in [-0.39, 0.29) is 11.9 Å². The number of hydrogen-bond acceptors (Lipinski definition) is 5. The van der Waals surface area contributed by atoms with Crippen LogP contribution in [0.2, 0.25) is 0 Å². The number of fused-ring (bicyclic) bond motifs is 1. The van der Waals surface area contributed by atoms with Crippen molar-refractivity contribution in [3.63, 3.8) is 0 Å². The van der Waals surface area contributed by atoms with Crippen molar-refractivity contribution >= 4 is 44.6 Å². The van der Waals surface area contributed by atoms with E-state index in [1.807, 2.05) is 49.5 Å². The molecular weight excluding hydrogens is 462 g/mol. The lowest BCUT2D eigenvalue weighted by Crippen LogP contribution is -2.43. The van der Waals surface area contributed by atoms with E-state index in [0.717, 1.165) is 32.1 Å². The van der Waals surface area contributed by atoms with E-state index in [9.17, 15) is 4.79 Å². The van der Waals surface area contributed by atoms with Gasteiger partial charge in [-0.15, -0.1) is 11.3 Å². The molecule has 2 heterocycles. The number of halogens is 1. The summed E-state index contributed by atoms with van der Waals surface area (Å²) in [5.41, 5.74) is 4.12. The average molecular weight is 484 g/mol. The number of benzodiazepines with no additional fused rings is 1. The minimum atomic E-state index is -0.0681. The Kier molecular flexibility index (Phi) is 6.20. The number of carbonyl (C=O) groups is 1. The smallest absolute Gasteiger partial charge is 0.261 e. The molecule has 1 aromatic heterocycles. The summed E-state index contributed by atoms with van der Waals surface area (Å²) in [6, 6.07) is 20.0. The molecule has 0 radical (unpaired) electrons. The van der Waals surface area contributed by atoms with Crippen LogP contribution in [0.1, 0.15) is 20.8 Å². The number of thiophene rings is 1. The predicted molar refractivity (Wildman–Crippen MR) is 126 cm³/mol. The highest BCUT2D eigenvalue weighted by atomic mass is 79.9. The molecule has 0 aliphatic carbocycles. The molecule has 2 aromatic carbocycles. The first-order valence-electron chi connectivity index (χ1n) is 9.61. The summed E-state index contributed by atoms with van der Waals surface area (Å²) in [6.07, 6.45) is 0. The average Bonchev–Trinajstić information content (AvgIpc) is 3.16. The maximum Gasteiger partial charge on any atom is 0.261 e. The molecule has 0 saturated carbocycles.